The van der Waals surface area contributed by atoms with Crippen LogP contribution in [-0.4, -0.2) is 62.2 Å². The van der Waals surface area contributed by atoms with Gasteiger partial charge in [0.2, 0.25) is 5.91 Å². The Labute approximate surface area is 128 Å². The Kier molecular flexibility index (Phi) is 3.36. The number of carbonyl (C=O) groups is 1. The minimum absolute atomic E-state index is 0.0817. The lowest BCUT2D eigenvalue weighted by molar-refractivity contribution is -0.134. The molecule has 2 saturated heterocycles. The molecule has 8 heteroatoms. The van der Waals surface area contributed by atoms with Crippen molar-refractivity contribution < 1.29 is 4.79 Å². The first-order chi connectivity index (χ1) is 10.8. The number of piperidine rings is 1. The van der Waals surface area contributed by atoms with Gasteiger partial charge in [0.05, 0.1) is 5.92 Å². The summed E-state index contributed by atoms with van der Waals surface area (Å²) in [5, 5.41) is 15.7. The molecule has 2 aliphatic rings. The number of amides is 1. The lowest BCUT2D eigenvalue weighted by atomic mass is 9.96. The highest BCUT2D eigenvalue weighted by atomic mass is 16.2. The zero-order valence-electron chi connectivity index (χ0n) is 12.4. The Morgan fingerprint density at radius 1 is 1.14 bits per heavy atom. The van der Waals surface area contributed by atoms with Crippen molar-refractivity contribution in [2.45, 2.75) is 25.7 Å². The Morgan fingerprint density at radius 2 is 2.00 bits per heavy atom. The minimum atomic E-state index is 0.0817. The van der Waals surface area contributed by atoms with E-state index in [1.54, 1.807) is 0 Å². The van der Waals surface area contributed by atoms with E-state index in [0.717, 1.165) is 57.7 Å². The van der Waals surface area contributed by atoms with Crippen LogP contribution in [-0.2, 0) is 4.79 Å². The molecule has 1 amide bonds. The van der Waals surface area contributed by atoms with E-state index in [9.17, 15) is 4.79 Å². The van der Waals surface area contributed by atoms with Crippen molar-refractivity contribution in [3.05, 3.63) is 12.1 Å². The van der Waals surface area contributed by atoms with Gasteiger partial charge in [0.1, 0.15) is 0 Å². The molecule has 0 aliphatic carbocycles. The number of hydrogen-bond donors (Lipinski definition) is 0. The van der Waals surface area contributed by atoms with Crippen LogP contribution >= 0.6 is 0 Å². The number of likely N-dealkylation sites (tertiary alicyclic amines) is 1. The van der Waals surface area contributed by atoms with E-state index in [0.29, 0.717) is 11.6 Å². The average Bonchev–Trinajstić information content (AvgIpc) is 3.25. The molecular weight excluding hydrogens is 282 g/mol. The van der Waals surface area contributed by atoms with Crippen LogP contribution in [0.4, 0.5) is 5.82 Å². The monoisotopic (exact) mass is 301 g/mol. The summed E-state index contributed by atoms with van der Waals surface area (Å²) in [7, 11) is 0. The van der Waals surface area contributed by atoms with Gasteiger partial charge in [-0.2, -0.15) is 0 Å². The summed E-state index contributed by atoms with van der Waals surface area (Å²) < 4.78 is 1.43. The van der Waals surface area contributed by atoms with Crippen LogP contribution in [0.2, 0.25) is 0 Å². The molecule has 2 fully saturated rings. The summed E-state index contributed by atoms with van der Waals surface area (Å²) in [6.07, 6.45) is 4.26. The van der Waals surface area contributed by atoms with Crippen LogP contribution in [0.1, 0.15) is 25.7 Å². The minimum Gasteiger partial charge on any atom is -0.354 e. The molecule has 0 unspecified atom stereocenters. The normalized spacial score (nSPS) is 22.5. The Balaban J connectivity index is 1.51. The zero-order chi connectivity index (χ0) is 14.9. The van der Waals surface area contributed by atoms with Crippen molar-refractivity contribution in [1.82, 2.24) is 30.2 Å². The standard InChI is InChI=1S/C14H19N7O/c22-14(19-7-1-2-8-19)11-4-3-9-20(10-11)13-6-5-12-15-17-18-21(12)16-13/h5-6,11H,1-4,7-10H2/t11-/m1/s1. The van der Waals surface area contributed by atoms with E-state index in [-0.39, 0.29) is 5.92 Å². The zero-order valence-corrected chi connectivity index (χ0v) is 12.4. The smallest absolute Gasteiger partial charge is 0.227 e. The van der Waals surface area contributed by atoms with Crippen molar-refractivity contribution in [2.24, 2.45) is 5.92 Å². The van der Waals surface area contributed by atoms with Gasteiger partial charge in [0.15, 0.2) is 11.5 Å². The molecule has 2 aromatic rings. The van der Waals surface area contributed by atoms with Crippen LogP contribution in [0, 0.1) is 5.92 Å². The first-order valence-electron chi connectivity index (χ1n) is 7.90. The summed E-state index contributed by atoms with van der Waals surface area (Å²) in [5.74, 6) is 1.22. The molecule has 1 atom stereocenters. The number of anilines is 1. The number of hydrogen-bond acceptors (Lipinski definition) is 6. The third-order valence-electron chi connectivity index (χ3n) is 4.57. The molecule has 4 rings (SSSR count). The largest absolute Gasteiger partial charge is 0.354 e. The molecule has 0 radical (unpaired) electrons. The number of fused-ring (bicyclic) bond motifs is 1. The van der Waals surface area contributed by atoms with Gasteiger partial charge in [-0.3, -0.25) is 4.79 Å². The maximum Gasteiger partial charge on any atom is 0.227 e. The SMILES string of the molecule is O=C([C@@H]1CCCN(c2ccc3nnnn3n2)C1)N1CCCC1. The third kappa shape index (κ3) is 2.38. The summed E-state index contributed by atoms with van der Waals surface area (Å²) in [6.45, 7) is 3.49. The number of rotatable bonds is 2. The van der Waals surface area contributed by atoms with Crippen molar-refractivity contribution in [2.75, 3.05) is 31.1 Å². The second kappa shape index (κ2) is 5.51. The third-order valence-corrected chi connectivity index (χ3v) is 4.57. The topological polar surface area (TPSA) is 79.5 Å². The van der Waals surface area contributed by atoms with Gasteiger partial charge in [-0.15, -0.1) is 14.8 Å². The predicted molar refractivity (Wildman–Crippen MR) is 79.3 cm³/mol. The number of nitrogens with zero attached hydrogens (tertiary/aromatic N) is 7. The Bertz CT molecular complexity index is 679. The number of aromatic nitrogens is 5. The van der Waals surface area contributed by atoms with E-state index in [4.69, 9.17) is 0 Å². The summed E-state index contributed by atoms with van der Waals surface area (Å²) in [6, 6.07) is 3.78. The molecule has 0 spiro atoms. The van der Waals surface area contributed by atoms with E-state index in [2.05, 4.69) is 25.5 Å². The summed E-state index contributed by atoms with van der Waals surface area (Å²) in [4.78, 5) is 16.8. The lowest BCUT2D eigenvalue weighted by Crippen LogP contribution is -2.44. The lowest BCUT2D eigenvalue weighted by Gasteiger charge is -2.34. The molecule has 116 valence electrons. The van der Waals surface area contributed by atoms with E-state index in [1.165, 1.54) is 4.63 Å². The molecule has 2 aromatic heterocycles. The Morgan fingerprint density at radius 3 is 2.86 bits per heavy atom. The van der Waals surface area contributed by atoms with Crippen LogP contribution in [0.15, 0.2) is 12.1 Å². The Hall–Kier alpha value is -2.25. The summed E-state index contributed by atoms with van der Waals surface area (Å²) >= 11 is 0. The quantitative estimate of drug-likeness (QED) is 0.797. The molecule has 0 bridgehead atoms. The van der Waals surface area contributed by atoms with Gasteiger partial charge in [0.25, 0.3) is 0 Å². The molecule has 4 heterocycles. The highest BCUT2D eigenvalue weighted by molar-refractivity contribution is 5.80. The highest BCUT2D eigenvalue weighted by Gasteiger charge is 2.31. The van der Waals surface area contributed by atoms with E-state index < -0.39 is 0 Å². The fourth-order valence-corrected chi connectivity index (χ4v) is 3.39. The van der Waals surface area contributed by atoms with Crippen LogP contribution in [0.5, 0.6) is 0 Å². The van der Waals surface area contributed by atoms with Crippen molar-refractivity contribution in [3.8, 4) is 0 Å². The van der Waals surface area contributed by atoms with Gasteiger partial charge in [-0.1, -0.05) is 0 Å². The van der Waals surface area contributed by atoms with Gasteiger partial charge in [-0.25, -0.2) is 0 Å². The second-order valence-corrected chi connectivity index (χ2v) is 6.04. The fraction of sp³-hybridized carbons (Fsp3) is 0.643. The fourth-order valence-electron chi connectivity index (χ4n) is 3.39. The number of tetrazole rings is 1. The molecule has 0 aromatic carbocycles. The van der Waals surface area contributed by atoms with Crippen molar-refractivity contribution >= 4 is 17.4 Å². The van der Waals surface area contributed by atoms with E-state index >= 15 is 0 Å². The van der Waals surface area contributed by atoms with Gasteiger partial charge >= 0.3 is 0 Å². The van der Waals surface area contributed by atoms with Crippen LogP contribution in [0.25, 0.3) is 5.65 Å². The molecular formula is C14H19N7O. The first kappa shape index (κ1) is 13.4. The van der Waals surface area contributed by atoms with Crippen molar-refractivity contribution in [1.29, 1.82) is 0 Å². The van der Waals surface area contributed by atoms with Gasteiger partial charge in [0, 0.05) is 26.2 Å². The van der Waals surface area contributed by atoms with Gasteiger partial charge in [-0.05, 0) is 48.2 Å². The van der Waals surface area contributed by atoms with Crippen LogP contribution in [0.3, 0.4) is 0 Å². The predicted octanol–water partition coefficient (Wildman–Crippen LogP) is 0.358. The maximum absolute atomic E-state index is 12.6. The van der Waals surface area contributed by atoms with Crippen molar-refractivity contribution in [3.63, 3.8) is 0 Å². The molecule has 0 saturated carbocycles. The van der Waals surface area contributed by atoms with E-state index in [1.807, 2.05) is 17.0 Å². The number of carbonyl (C=O) groups excluding carboxylic acids is 1. The highest BCUT2D eigenvalue weighted by Crippen LogP contribution is 2.24. The molecule has 2 aliphatic heterocycles. The average molecular weight is 301 g/mol. The first-order valence-corrected chi connectivity index (χ1v) is 7.90. The summed E-state index contributed by atoms with van der Waals surface area (Å²) in [5.41, 5.74) is 0.630. The molecule has 0 N–H and O–H groups in total. The molecule has 22 heavy (non-hydrogen) atoms. The maximum atomic E-state index is 12.6. The second-order valence-electron chi connectivity index (χ2n) is 6.04. The van der Waals surface area contributed by atoms with Gasteiger partial charge < -0.3 is 9.80 Å². The van der Waals surface area contributed by atoms with Crippen LogP contribution < -0.4 is 4.90 Å². The molecule has 8 nitrogen and oxygen atoms in total.